The summed E-state index contributed by atoms with van der Waals surface area (Å²) in [5.74, 6) is -1.45. The van der Waals surface area contributed by atoms with Gasteiger partial charge in [0.05, 0.1) is 4.90 Å². The topological polar surface area (TPSA) is 104 Å². The number of hydrogen-bond donors (Lipinski definition) is 3. The molecule has 0 aromatic heterocycles. The zero-order valence-corrected chi connectivity index (χ0v) is 11.0. The van der Waals surface area contributed by atoms with E-state index in [1.165, 1.54) is 6.07 Å². The first-order chi connectivity index (χ1) is 8.90. The van der Waals surface area contributed by atoms with Gasteiger partial charge >= 0.3 is 5.97 Å². The Kier molecular flexibility index (Phi) is 3.77. The van der Waals surface area contributed by atoms with E-state index in [4.69, 9.17) is 5.11 Å². The molecular formula is C12H15NO5S. The third kappa shape index (κ3) is 3.05. The van der Waals surface area contributed by atoms with Crippen LogP contribution in [0.15, 0.2) is 23.1 Å². The van der Waals surface area contributed by atoms with E-state index in [1.54, 1.807) is 0 Å². The number of rotatable bonds is 5. The van der Waals surface area contributed by atoms with Gasteiger partial charge in [-0.2, -0.15) is 0 Å². The number of sulfonamides is 1. The zero-order chi connectivity index (χ0) is 14.0. The minimum atomic E-state index is -3.73. The highest BCUT2D eigenvalue weighted by molar-refractivity contribution is 7.89. The molecule has 0 aliphatic heterocycles. The second kappa shape index (κ2) is 5.18. The normalized spacial score (nSPS) is 16.0. The van der Waals surface area contributed by atoms with Gasteiger partial charge in [0.1, 0.15) is 11.3 Å². The molecule has 0 saturated heterocycles. The van der Waals surface area contributed by atoms with Gasteiger partial charge in [0.25, 0.3) is 0 Å². The molecule has 1 saturated carbocycles. The molecule has 0 atom stereocenters. The first-order valence-electron chi connectivity index (χ1n) is 5.96. The lowest BCUT2D eigenvalue weighted by molar-refractivity contribution is 0.0693. The summed E-state index contributed by atoms with van der Waals surface area (Å²) < 4.78 is 26.4. The lowest BCUT2D eigenvalue weighted by atomic mass is 9.86. The van der Waals surface area contributed by atoms with Crippen LogP contribution < -0.4 is 4.72 Å². The van der Waals surface area contributed by atoms with Crippen molar-refractivity contribution in [1.29, 1.82) is 0 Å². The number of benzene rings is 1. The molecule has 1 aliphatic carbocycles. The summed E-state index contributed by atoms with van der Waals surface area (Å²) >= 11 is 0. The Labute approximate surface area is 111 Å². The number of hydrogen-bond acceptors (Lipinski definition) is 4. The molecule has 1 aromatic rings. The highest BCUT2D eigenvalue weighted by atomic mass is 32.2. The van der Waals surface area contributed by atoms with Crippen LogP contribution in [0.25, 0.3) is 0 Å². The van der Waals surface area contributed by atoms with Crippen LogP contribution in [0.1, 0.15) is 29.6 Å². The third-order valence-corrected chi connectivity index (χ3v) is 4.72. The van der Waals surface area contributed by atoms with Crippen molar-refractivity contribution in [1.82, 2.24) is 4.72 Å². The first-order valence-corrected chi connectivity index (χ1v) is 7.44. The van der Waals surface area contributed by atoms with Gasteiger partial charge < -0.3 is 10.2 Å². The smallest absolute Gasteiger partial charge is 0.339 e. The molecule has 19 heavy (non-hydrogen) atoms. The van der Waals surface area contributed by atoms with Crippen LogP contribution in [0.4, 0.5) is 0 Å². The van der Waals surface area contributed by atoms with E-state index >= 15 is 0 Å². The summed E-state index contributed by atoms with van der Waals surface area (Å²) in [6.45, 7) is 0.367. The fourth-order valence-electron chi connectivity index (χ4n) is 1.86. The molecule has 0 amide bonds. The van der Waals surface area contributed by atoms with Crippen molar-refractivity contribution in [3.05, 3.63) is 23.8 Å². The minimum absolute atomic E-state index is 0.151. The molecule has 0 unspecified atom stereocenters. The summed E-state index contributed by atoms with van der Waals surface area (Å²) in [4.78, 5) is 10.7. The van der Waals surface area contributed by atoms with Crippen LogP contribution in [0.3, 0.4) is 0 Å². The maximum absolute atomic E-state index is 12.0. The lowest BCUT2D eigenvalue weighted by Gasteiger charge is -2.25. The molecule has 6 nitrogen and oxygen atoms in total. The average molecular weight is 285 g/mol. The highest BCUT2D eigenvalue weighted by Gasteiger charge is 2.22. The van der Waals surface area contributed by atoms with Crippen LogP contribution in [0, 0.1) is 5.92 Å². The number of nitrogens with one attached hydrogen (secondary N) is 1. The molecule has 2 rings (SSSR count). The van der Waals surface area contributed by atoms with Crippen molar-refractivity contribution in [2.24, 2.45) is 5.92 Å². The van der Waals surface area contributed by atoms with Crippen LogP contribution in [0.2, 0.25) is 0 Å². The van der Waals surface area contributed by atoms with Crippen LogP contribution in [-0.4, -0.2) is 31.1 Å². The Morgan fingerprint density at radius 2 is 2.05 bits per heavy atom. The van der Waals surface area contributed by atoms with Crippen molar-refractivity contribution >= 4 is 16.0 Å². The SMILES string of the molecule is O=C(O)c1cc(S(=O)(=O)NCC2CCC2)ccc1O. The quantitative estimate of drug-likeness (QED) is 0.753. The van der Waals surface area contributed by atoms with Gasteiger partial charge in [-0.3, -0.25) is 0 Å². The van der Waals surface area contributed by atoms with E-state index in [1.807, 2.05) is 0 Å². The van der Waals surface area contributed by atoms with Gasteiger partial charge in [0, 0.05) is 6.54 Å². The van der Waals surface area contributed by atoms with Gasteiger partial charge in [0.15, 0.2) is 0 Å². The molecule has 0 bridgehead atoms. The molecular weight excluding hydrogens is 270 g/mol. The largest absolute Gasteiger partial charge is 0.507 e. The van der Waals surface area contributed by atoms with E-state index < -0.39 is 27.3 Å². The highest BCUT2D eigenvalue weighted by Crippen LogP contribution is 2.26. The van der Waals surface area contributed by atoms with Gasteiger partial charge in [0.2, 0.25) is 10.0 Å². The second-order valence-electron chi connectivity index (χ2n) is 4.63. The molecule has 7 heteroatoms. The van der Waals surface area contributed by atoms with Crippen molar-refractivity contribution in [2.45, 2.75) is 24.2 Å². The number of carbonyl (C=O) groups is 1. The number of aromatic hydroxyl groups is 1. The van der Waals surface area contributed by atoms with E-state index in [9.17, 15) is 18.3 Å². The molecule has 1 aliphatic rings. The van der Waals surface area contributed by atoms with Crippen LogP contribution in [-0.2, 0) is 10.0 Å². The Morgan fingerprint density at radius 1 is 1.37 bits per heavy atom. The molecule has 0 spiro atoms. The molecule has 1 aromatic carbocycles. The second-order valence-corrected chi connectivity index (χ2v) is 6.40. The van der Waals surface area contributed by atoms with Crippen molar-refractivity contribution < 1.29 is 23.4 Å². The Morgan fingerprint density at radius 3 is 2.58 bits per heavy atom. The number of carboxylic acids is 1. The van der Waals surface area contributed by atoms with E-state index in [0.717, 1.165) is 31.4 Å². The predicted molar refractivity (Wildman–Crippen MR) is 67.6 cm³/mol. The third-order valence-electron chi connectivity index (χ3n) is 3.30. The molecule has 1 fully saturated rings. The molecule has 0 heterocycles. The van der Waals surface area contributed by atoms with E-state index in [0.29, 0.717) is 12.5 Å². The fourth-order valence-corrected chi connectivity index (χ4v) is 3.00. The van der Waals surface area contributed by atoms with Crippen molar-refractivity contribution in [2.75, 3.05) is 6.54 Å². The maximum Gasteiger partial charge on any atom is 0.339 e. The Balaban J connectivity index is 2.19. The minimum Gasteiger partial charge on any atom is -0.507 e. The summed E-state index contributed by atoms with van der Waals surface area (Å²) in [7, 11) is -3.73. The first kappa shape index (κ1) is 13.8. The lowest BCUT2D eigenvalue weighted by Crippen LogP contribution is -2.32. The Bertz CT molecular complexity index is 592. The standard InChI is InChI=1S/C12H15NO5S/c14-11-5-4-9(6-10(11)12(15)16)19(17,18)13-7-8-2-1-3-8/h4-6,8,13-14H,1-3,7H2,(H,15,16). The van der Waals surface area contributed by atoms with Gasteiger partial charge in [-0.05, 0) is 37.0 Å². The van der Waals surface area contributed by atoms with Crippen molar-refractivity contribution in [3.8, 4) is 5.75 Å². The zero-order valence-electron chi connectivity index (χ0n) is 10.2. The summed E-state index contributed by atoms with van der Waals surface area (Å²) in [6, 6.07) is 3.22. The van der Waals surface area contributed by atoms with E-state index in [-0.39, 0.29) is 4.90 Å². The average Bonchev–Trinajstić information content (AvgIpc) is 2.26. The van der Waals surface area contributed by atoms with Gasteiger partial charge in [-0.1, -0.05) is 6.42 Å². The molecule has 3 N–H and O–H groups in total. The number of phenols is 1. The summed E-state index contributed by atoms with van der Waals surface area (Å²) in [5.41, 5.74) is -0.425. The number of carboxylic acid groups (broad SMARTS) is 1. The molecule has 0 radical (unpaired) electrons. The summed E-state index contributed by atoms with van der Waals surface area (Å²) in [6.07, 6.45) is 3.14. The Hall–Kier alpha value is -1.60. The van der Waals surface area contributed by atoms with Gasteiger partial charge in [-0.25, -0.2) is 17.9 Å². The predicted octanol–water partition coefficient (Wildman–Crippen LogP) is 1.17. The van der Waals surface area contributed by atoms with Gasteiger partial charge in [-0.15, -0.1) is 0 Å². The van der Waals surface area contributed by atoms with Crippen LogP contribution >= 0.6 is 0 Å². The van der Waals surface area contributed by atoms with Crippen molar-refractivity contribution in [3.63, 3.8) is 0 Å². The molecule has 104 valence electrons. The maximum atomic E-state index is 12.0. The fraction of sp³-hybridized carbons (Fsp3) is 0.417. The monoisotopic (exact) mass is 285 g/mol. The number of aromatic carboxylic acids is 1. The summed E-state index contributed by atoms with van der Waals surface area (Å²) in [5, 5.41) is 18.2. The van der Waals surface area contributed by atoms with E-state index in [2.05, 4.69) is 4.72 Å². The van der Waals surface area contributed by atoms with Crippen LogP contribution in [0.5, 0.6) is 5.75 Å².